The van der Waals surface area contributed by atoms with Crippen molar-refractivity contribution in [2.24, 2.45) is 5.92 Å². The average molecular weight is 281 g/mol. The summed E-state index contributed by atoms with van der Waals surface area (Å²) in [5.74, 6) is 1.20. The Kier molecular flexibility index (Phi) is 4.95. The van der Waals surface area contributed by atoms with Gasteiger partial charge in [-0.15, -0.1) is 16.8 Å². The quantitative estimate of drug-likeness (QED) is 0.494. The summed E-state index contributed by atoms with van der Waals surface area (Å²) in [7, 11) is 0. The molecule has 1 unspecified atom stereocenters. The van der Waals surface area contributed by atoms with E-state index in [4.69, 9.17) is 0 Å². The van der Waals surface area contributed by atoms with Crippen molar-refractivity contribution >= 4 is 34.1 Å². The van der Waals surface area contributed by atoms with Crippen LogP contribution in [0, 0.1) is 5.92 Å². The number of hydrogen-bond donors (Lipinski definition) is 1. The number of hydrogen-bond acceptors (Lipinski definition) is 5. The van der Waals surface area contributed by atoms with Crippen molar-refractivity contribution < 1.29 is 4.79 Å². The van der Waals surface area contributed by atoms with Gasteiger partial charge in [0, 0.05) is 12.2 Å². The second-order valence-corrected chi connectivity index (χ2v) is 6.24. The molecule has 0 radical (unpaired) electrons. The Morgan fingerprint density at radius 2 is 2.56 bits per heavy atom. The fourth-order valence-electron chi connectivity index (χ4n) is 1.72. The lowest BCUT2D eigenvalue weighted by Crippen LogP contribution is -2.14. The summed E-state index contributed by atoms with van der Waals surface area (Å²) in [6.45, 7) is 3.65. The van der Waals surface area contributed by atoms with E-state index >= 15 is 0 Å². The molecule has 0 aromatic carbocycles. The SMILES string of the molecule is C=CCSc1nnc(NC(=O)CC2C=CCC2)s1. The van der Waals surface area contributed by atoms with E-state index in [2.05, 4.69) is 34.2 Å². The van der Waals surface area contributed by atoms with E-state index < -0.39 is 0 Å². The number of allylic oxidation sites excluding steroid dienone is 2. The summed E-state index contributed by atoms with van der Waals surface area (Å²) in [4.78, 5) is 11.8. The minimum absolute atomic E-state index is 0.0166. The van der Waals surface area contributed by atoms with E-state index in [9.17, 15) is 4.79 Å². The number of rotatable bonds is 6. The molecule has 0 saturated heterocycles. The van der Waals surface area contributed by atoms with Crippen LogP contribution in [0.5, 0.6) is 0 Å². The molecule has 1 aromatic heterocycles. The Balaban J connectivity index is 1.80. The topological polar surface area (TPSA) is 54.9 Å². The highest BCUT2D eigenvalue weighted by Gasteiger charge is 2.15. The third-order valence-corrected chi connectivity index (χ3v) is 4.51. The molecule has 18 heavy (non-hydrogen) atoms. The normalized spacial score (nSPS) is 17.9. The van der Waals surface area contributed by atoms with Crippen LogP contribution in [0.1, 0.15) is 19.3 Å². The first-order chi connectivity index (χ1) is 8.78. The first-order valence-electron chi connectivity index (χ1n) is 5.81. The first kappa shape index (κ1) is 13.3. The zero-order chi connectivity index (χ0) is 12.8. The van der Waals surface area contributed by atoms with E-state index in [1.165, 1.54) is 11.3 Å². The third-order valence-electron chi connectivity index (χ3n) is 2.54. The molecule has 1 N–H and O–H groups in total. The van der Waals surface area contributed by atoms with Crippen molar-refractivity contribution in [2.75, 3.05) is 11.1 Å². The summed E-state index contributed by atoms with van der Waals surface area (Å²) in [6.07, 6.45) is 8.75. The van der Waals surface area contributed by atoms with Crippen molar-refractivity contribution in [1.29, 1.82) is 0 Å². The lowest BCUT2D eigenvalue weighted by atomic mass is 10.1. The van der Waals surface area contributed by atoms with Crippen LogP contribution in [0.15, 0.2) is 29.1 Å². The van der Waals surface area contributed by atoms with E-state index in [-0.39, 0.29) is 5.91 Å². The molecule has 1 aromatic rings. The molecule has 96 valence electrons. The monoisotopic (exact) mass is 281 g/mol. The number of aromatic nitrogens is 2. The molecule has 0 aliphatic heterocycles. The molecule has 0 saturated carbocycles. The van der Waals surface area contributed by atoms with Crippen LogP contribution in [-0.2, 0) is 4.79 Å². The van der Waals surface area contributed by atoms with Crippen LogP contribution in [0.2, 0.25) is 0 Å². The lowest BCUT2D eigenvalue weighted by molar-refractivity contribution is -0.116. The van der Waals surface area contributed by atoms with Gasteiger partial charge in [-0.05, 0) is 18.8 Å². The van der Waals surface area contributed by atoms with Crippen LogP contribution in [0.25, 0.3) is 0 Å². The summed E-state index contributed by atoms with van der Waals surface area (Å²) in [6, 6.07) is 0. The maximum atomic E-state index is 11.8. The fourth-order valence-corrected chi connectivity index (χ4v) is 3.25. The highest BCUT2D eigenvalue weighted by Crippen LogP contribution is 2.26. The van der Waals surface area contributed by atoms with Gasteiger partial charge in [0.2, 0.25) is 11.0 Å². The molecular weight excluding hydrogens is 266 g/mol. The van der Waals surface area contributed by atoms with Gasteiger partial charge in [-0.1, -0.05) is 41.3 Å². The number of amides is 1. The Labute approximate surface area is 115 Å². The van der Waals surface area contributed by atoms with Crippen molar-refractivity contribution in [3.05, 3.63) is 24.8 Å². The Morgan fingerprint density at radius 1 is 1.67 bits per heavy atom. The molecular formula is C12H15N3OS2. The molecule has 0 bridgehead atoms. The standard InChI is InChI=1S/C12H15N3OS2/c1-2-7-17-12-15-14-11(18-12)13-10(16)8-9-5-3-4-6-9/h2-3,5,9H,1,4,6-8H2,(H,13,14,16). The van der Waals surface area contributed by atoms with Gasteiger partial charge in [0.05, 0.1) is 0 Å². The molecule has 0 spiro atoms. The van der Waals surface area contributed by atoms with Crippen LogP contribution < -0.4 is 5.32 Å². The van der Waals surface area contributed by atoms with Gasteiger partial charge >= 0.3 is 0 Å². The summed E-state index contributed by atoms with van der Waals surface area (Å²) < 4.78 is 0.853. The van der Waals surface area contributed by atoms with Crippen LogP contribution in [0.4, 0.5) is 5.13 Å². The third kappa shape index (κ3) is 3.96. The molecule has 6 heteroatoms. The van der Waals surface area contributed by atoms with Gasteiger partial charge in [0.25, 0.3) is 0 Å². The van der Waals surface area contributed by atoms with Crippen molar-refractivity contribution in [3.8, 4) is 0 Å². The second-order valence-electron chi connectivity index (χ2n) is 3.99. The molecule has 1 amide bonds. The summed E-state index contributed by atoms with van der Waals surface area (Å²) in [5, 5.41) is 11.3. The van der Waals surface area contributed by atoms with Crippen molar-refractivity contribution in [1.82, 2.24) is 10.2 Å². The van der Waals surface area contributed by atoms with Crippen molar-refractivity contribution in [2.45, 2.75) is 23.6 Å². The van der Waals surface area contributed by atoms with E-state index in [1.54, 1.807) is 11.8 Å². The van der Waals surface area contributed by atoms with E-state index in [0.29, 0.717) is 17.5 Å². The zero-order valence-electron chi connectivity index (χ0n) is 9.96. The van der Waals surface area contributed by atoms with Gasteiger partial charge in [-0.3, -0.25) is 4.79 Å². The number of nitrogens with one attached hydrogen (secondary N) is 1. The average Bonchev–Trinajstić information content (AvgIpc) is 2.98. The molecule has 1 atom stereocenters. The van der Waals surface area contributed by atoms with Crippen LogP contribution in [-0.4, -0.2) is 21.9 Å². The van der Waals surface area contributed by atoms with E-state index in [1.807, 2.05) is 6.08 Å². The molecule has 4 nitrogen and oxygen atoms in total. The van der Waals surface area contributed by atoms with Gasteiger partial charge in [-0.25, -0.2) is 0 Å². The Bertz CT molecular complexity index is 456. The molecule has 1 aliphatic carbocycles. The maximum absolute atomic E-state index is 11.8. The largest absolute Gasteiger partial charge is 0.300 e. The minimum Gasteiger partial charge on any atom is -0.300 e. The lowest BCUT2D eigenvalue weighted by Gasteiger charge is -2.05. The zero-order valence-corrected chi connectivity index (χ0v) is 11.6. The van der Waals surface area contributed by atoms with Crippen molar-refractivity contribution in [3.63, 3.8) is 0 Å². The predicted octanol–water partition coefficient (Wildman–Crippen LogP) is 3.11. The predicted molar refractivity (Wildman–Crippen MR) is 75.9 cm³/mol. The fraction of sp³-hybridized carbons (Fsp3) is 0.417. The molecule has 0 fully saturated rings. The molecule has 1 aliphatic rings. The number of nitrogens with zero attached hydrogens (tertiary/aromatic N) is 2. The highest BCUT2D eigenvalue weighted by atomic mass is 32.2. The summed E-state index contributed by atoms with van der Waals surface area (Å²) >= 11 is 2.97. The van der Waals surface area contributed by atoms with E-state index in [0.717, 1.165) is 22.9 Å². The molecule has 1 heterocycles. The number of carbonyl (C=O) groups excluding carboxylic acids is 1. The number of thioether (sulfide) groups is 1. The van der Waals surface area contributed by atoms with Crippen LogP contribution >= 0.6 is 23.1 Å². The Morgan fingerprint density at radius 3 is 3.28 bits per heavy atom. The Hall–Kier alpha value is -1.14. The van der Waals surface area contributed by atoms with Gasteiger partial charge in [0.1, 0.15) is 0 Å². The minimum atomic E-state index is 0.0166. The summed E-state index contributed by atoms with van der Waals surface area (Å²) in [5.41, 5.74) is 0. The van der Waals surface area contributed by atoms with Gasteiger partial charge < -0.3 is 5.32 Å². The number of anilines is 1. The molecule has 2 rings (SSSR count). The second kappa shape index (κ2) is 6.70. The smallest absolute Gasteiger partial charge is 0.226 e. The van der Waals surface area contributed by atoms with Crippen LogP contribution in [0.3, 0.4) is 0 Å². The number of carbonyl (C=O) groups is 1. The first-order valence-corrected chi connectivity index (χ1v) is 7.62. The van der Waals surface area contributed by atoms with Gasteiger partial charge in [0.15, 0.2) is 4.34 Å². The highest BCUT2D eigenvalue weighted by molar-refractivity contribution is 8.01. The maximum Gasteiger partial charge on any atom is 0.226 e. The van der Waals surface area contributed by atoms with Gasteiger partial charge in [-0.2, -0.15) is 0 Å².